The van der Waals surface area contributed by atoms with Gasteiger partial charge in [-0.15, -0.1) is 0 Å². The molecule has 0 radical (unpaired) electrons. The largest absolute Gasteiger partial charge is 0.392 e. The predicted octanol–water partition coefficient (Wildman–Crippen LogP) is 3.03. The van der Waals surface area contributed by atoms with Crippen LogP contribution >= 0.6 is 15.9 Å². The van der Waals surface area contributed by atoms with Gasteiger partial charge in [0.1, 0.15) is 0 Å². The van der Waals surface area contributed by atoms with Crippen molar-refractivity contribution < 1.29 is 5.11 Å². The minimum absolute atomic E-state index is 0.0781. The van der Waals surface area contributed by atoms with Gasteiger partial charge in [-0.25, -0.2) is 0 Å². The number of rotatable bonds is 4. The van der Waals surface area contributed by atoms with Crippen LogP contribution in [0.3, 0.4) is 0 Å². The highest BCUT2D eigenvalue weighted by Gasteiger charge is 2.05. The molecule has 0 aromatic heterocycles. The topological polar surface area (TPSA) is 23.5 Å². The molecule has 84 valence electrons. The molecule has 0 saturated heterocycles. The van der Waals surface area contributed by atoms with Crippen molar-refractivity contribution in [3.05, 3.63) is 28.2 Å². The molecule has 0 aliphatic heterocycles. The zero-order valence-corrected chi connectivity index (χ0v) is 11.1. The van der Waals surface area contributed by atoms with E-state index in [-0.39, 0.29) is 6.61 Å². The number of halogens is 1. The number of hydrogen-bond donors (Lipinski definition) is 1. The Morgan fingerprint density at radius 3 is 2.53 bits per heavy atom. The van der Waals surface area contributed by atoms with E-state index in [1.54, 1.807) is 0 Å². The first-order chi connectivity index (χ1) is 7.04. The highest BCUT2D eigenvalue weighted by molar-refractivity contribution is 9.10. The number of nitrogens with zero attached hydrogens (tertiary/aromatic N) is 1. The van der Waals surface area contributed by atoms with Gasteiger partial charge < -0.3 is 10.0 Å². The van der Waals surface area contributed by atoms with Gasteiger partial charge in [0.05, 0.1) is 6.61 Å². The molecule has 3 heteroatoms. The van der Waals surface area contributed by atoms with E-state index < -0.39 is 0 Å². The summed E-state index contributed by atoms with van der Waals surface area (Å²) in [5.74, 6) is 0.645. The molecule has 0 aliphatic carbocycles. The van der Waals surface area contributed by atoms with Gasteiger partial charge in [0.15, 0.2) is 0 Å². The number of hydrogen-bond acceptors (Lipinski definition) is 2. The van der Waals surface area contributed by atoms with Crippen molar-refractivity contribution in [2.24, 2.45) is 5.92 Å². The minimum Gasteiger partial charge on any atom is -0.392 e. The van der Waals surface area contributed by atoms with Crippen LogP contribution in [-0.2, 0) is 6.61 Å². The third kappa shape index (κ3) is 3.50. The Labute approximate surface area is 100 Å². The second-order valence-electron chi connectivity index (χ2n) is 4.21. The summed E-state index contributed by atoms with van der Waals surface area (Å²) >= 11 is 3.46. The molecule has 15 heavy (non-hydrogen) atoms. The Morgan fingerprint density at radius 1 is 1.40 bits per heavy atom. The smallest absolute Gasteiger partial charge is 0.0692 e. The summed E-state index contributed by atoms with van der Waals surface area (Å²) in [6, 6.07) is 6.04. The van der Waals surface area contributed by atoms with Gasteiger partial charge in [-0.1, -0.05) is 35.8 Å². The van der Waals surface area contributed by atoms with E-state index in [2.05, 4.69) is 41.7 Å². The molecule has 1 aromatic rings. The van der Waals surface area contributed by atoms with Crippen molar-refractivity contribution >= 4 is 21.6 Å². The molecule has 0 unspecified atom stereocenters. The van der Waals surface area contributed by atoms with Crippen LogP contribution in [0.25, 0.3) is 0 Å². The summed E-state index contributed by atoms with van der Waals surface area (Å²) in [7, 11) is 2.08. The summed E-state index contributed by atoms with van der Waals surface area (Å²) in [5.41, 5.74) is 2.10. The molecule has 1 aromatic carbocycles. The molecule has 2 nitrogen and oxygen atoms in total. The summed E-state index contributed by atoms with van der Waals surface area (Å²) < 4.78 is 0.970. The number of aliphatic hydroxyl groups is 1. The van der Waals surface area contributed by atoms with Crippen molar-refractivity contribution in [2.45, 2.75) is 20.5 Å². The average molecular weight is 272 g/mol. The second kappa shape index (κ2) is 5.52. The Bertz CT molecular complexity index is 325. The van der Waals surface area contributed by atoms with Crippen LogP contribution in [0, 0.1) is 5.92 Å². The monoisotopic (exact) mass is 271 g/mol. The fourth-order valence-electron chi connectivity index (χ4n) is 1.56. The third-order valence-electron chi connectivity index (χ3n) is 2.29. The average Bonchev–Trinajstić information content (AvgIpc) is 2.16. The molecule has 1 rings (SSSR count). The van der Waals surface area contributed by atoms with E-state index in [9.17, 15) is 0 Å². The fraction of sp³-hybridized carbons (Fsp3) is 0.500. The van der Waals surface area contributed by atoms with Gasteiger partial charge in [0.2, 0.25) is 0 Å². The normalized spacial score (nSPS) is 10.8. The van der Waals surface area contributed by atoms with Crippen LogP contribution in [0.5, 0.6) is 0 Å². The lowest BCUT2D eigenvalue weighted by atomic mass is 10.1. The summed E-state index contributed by atoms with van der Waals surface area (Å²) in [5, 5.41) is 9.05. The van der Waals surface area contributed by atoms with Crippen LogP contribution < -0.4 is 4.90 Å². The number of aliphatic hydroxyl groups excluding tert-OH is 1. The molecule has 0 aliphatic rings. The molecular weight excluding hydrogens is 254 g/mol. The van der Waals surface area contributed by atoms with E-state index in [0.717, 1.165) is 16.6 Å². The zero-order valence-electron chi connectivity index (χ0n) is 9.50. The summed E-state index contributed by atoms with van der Waals surface area (Å²) in [6.07, 6.45) is 0. The first-order valence-corrected chi connectivity index (χ1v) is 5.94. The van der Waals surface area contributed by atoms with Gasteiger partial charge in [-0.3, -0.25) is 0 Å². The first kappa shape index (κ1) is 12.5. The molecule has 0 fully saturated rings. The Morgan fingerprint density at radius 2 is 2.07 bits per heavy atom. The maximum atomic E-state index is 9.05. The second-order valence-corrected chi connectivity index (χ2v) is 5.06. The predicted molar refractivity (Wildman–Crippen MR) is 68.2 cm³/mol. The lowest BCUT2D eigenvalue weighted by molar-refractivity contribution is 0.281. The quantitative estimate of drug-likeness (QED) is 0.910. The van der Waals surface area contributed by atoms with Crippen molar-refractivity contribution in [2.75, 3.05) is 18.5 Å². The van der Waals surface area contributed by atoms with Gasteiger partial charge in [-0.05, 0) is 23.6 Å². The molecular formula is C12H18BrNO. The maximum Gasteiger partial charge on any atom is 0.0692 e. The Balaban J connectivity index is 2.82. The van der Waals surface area contributed by atoms with E-state index in [4.69, 9.17) is 5.11 Å². The molecule has 0 atom stereocenters. The highest BCUT2D eigenvalue weighted by Crippen LogP contribution is 2.24. The van der Waals surface area contributed by atoms with Crippen LogP contribution in [0.15, 0.2) is 22.7 Å². The van der Waals surface area contributed by atoms with Gasteiger partial charge in [0.25, 0.3) is 0 Å². The number of benzene rings is 1. The molecule has 0 saturated carbocycles. The minimum atomic E-state index is 0.0781. The Kier molecular flexibility index (Phi) is 4.61. The van der Waals surface area contributed by atoms with Crippen LogP contribution in [0.2, 0.25) is 0 Å². The molecule has 0 heterocycles. The van der Waals surface area contributed by atoms with Gasteiger partial charge in [-0.2, -0.15) is 0 Å². The fourth-order valence-corrected chi connectivity index (χ4v) is 2.05. The molecule has 0 spiro atoms. The van der Waals surface area contributed by atoms with Gasteiger partial charge in [0, 0.05) is 23.8 Å². The number of anilines is 1. The van der Waals surface area contributed by atoms with Crippen LogP contribution in [-0.4, -0.2) is 18.7 Å². The highest BCUT2D eigenvalue weighted by atomic mass is 79.9. The van der Waals surface area contributed by atoms with E-state index in [1.807, 2.05) is 18.2 Å². The third-order valence-corrected chi connectivity index (χ3v) is 3.02. The first-order valence-electron chi connectivity index (χ1n) is 5.15. The molecule has 0 bridgehead atoms. The van der Waals surface area contributed by atoms with Crippen molar-refractivity contribution in [1.29, 1.82) is 0 Å². The summed E-state index contributed by atoms with van der Waals surface area (Å²) in [6.45, 7) is 5.51. The SMILES string of the molecule is CC(C)CN(C)c1ccc(CO)c(Br)c1. The lowest BCUT2D eigenvalue weighted by Crippen LogP contribution is -2.22. The van der Waals surface area contributed by atoms with E-state index in [1.165, 1.54) is 5.69 Å². The van der Waals surface area contributed by atoms with E-state index in [0.29, 0.717) is 5.92 Å². The lowest BCUT2D eigenvalue weighted by Gasteiger charge is -2.22. The Hall–Kier alpha value is -0.540. The van der Waals surface area contributed by atoms with Crippen molar-refractivity contribution in [3.8, 4) is 0 Å². The van der Waals surface area contributed by atoms with Gasteiger partial charge >= 0.3 is 0 Å². The van der Waals surface area contributed by atoms with Crippen LogP contribution in [0.1, 0.15) is 19.4 Å². The standard InChI is InChI=1S/C12H18BrNO/c1-9(2)7-14(3)11-5-4-10(8-15)12(13)6-11/h4-6,9,15H,7-8H2,1-3H3. The zero-order chi connectivity index (χ0) is 11.4. The summed E-state index contributed by atoms with van der Waals surface area (Å²) in [4.78, 5) is 2.22. The molecule has 1 N–H and O–H groups in total. The van der Waals surface area contributed by atoms with Crippen molar-refractivity contribution in [3.63, 3.8) is 0 Å². The maximum absolute atomic E-state index is 9.05. The van der Waals surface area contributed by atoms with Crippen molar-refractivity contribution in [1.82, 2.24) is 0 Å². The van der Waals surface area contributed by atoms with E-state index >= 15 is 0 Å². The molecule has 0 amide bonds. The van der Waals surface area contributed by atoms with Crippen LogP contribution in [0.4, 0.5) is 5.69 Å².